The zero-order chi connectivity index (χ0) is 22.3. The fourth-order valence-electron chi connectivity index (χ4n) is 3.50. The number of urea groups is 1. The molecular weight excluding hydrogens is 410 g/mol. The number of hydrogen-bond donors (Lipinski definition) is 2. The van der Waals surface area contributed by atoms with Gasteiger partial charge in [-0.3, -0.25) is 4.79 Å². The molecule has 1 saturated heterocycles. The lowest BCUT2D eigenvalue weighted by Crippen LogP contribution is -2.49. The molecule has 1 aliphatic rings. The number of benzene rings is 1. The van der Waals surface area contributed by atoms with Crippen molar-refractivity contribution in [1.82, 2.24) is 35.4 Å². The molecule has 2 N–H and O–H groups in total. The summed E-state index contributed by atoms with van der Waals surface area (Å²) in [6.07, 6.45) is 3.50. The van der Waals surface area contributed by atoms with Gasteiger partial charge in [-0.05, 0) is 47.2 Å². The minimum Gasteiger partial charge on any atom is -0.353 e. The molecule has 0 aliphatic carbocycles. The second-order valence-electron chi connectivity index (χ2n) is 7.44. The van der Waals surface area contributed by atoms with E-state index in [0.29, 0.717) is 18.8 Å². The predicted octanol–water partition coefficient (Wildman–Crippen LogP) is 1.23. The molecule has 4 rings (SSSR count). The number of piperazine rings is 1. The van der Waals surface area contributed by atoms with Gasteiger partial charge in [-0.1, -0.05) is 12.1 Å². The number of tetrazole rings is 1. The van der Waals surface area contributed by atoms with Crippen LogP contribution < -0.4 is 15.5 Å². The van der Waals surface area contributed by atoms with E-state index in [9.17, 15) is 9.59 Å². The van der Waals surface area contributed by atoms with Crippen LogP contribution in [-0.2, 0) is 4.79 Å². The highest BCUT2D eigenvalue weighted by atomic mass is 16.2. The van der Waals surface area contributed by atoms with E-state index in [1.165, 1.54) is 11.0 Å². The first-order chi connectivity index (χ1) is 15.6. The number of nitrogens with one attached hydrogen (secondary N) is 2. The van der Waals surface area contributed by atoms with Gasteiger partial charge in [0.05, 0.1) is 5.69 Å². The van der Waals surface area contributed by atoms with Crippen LogP contribution in [0.15, 0.2) is 48.9 Å². The fraction of sp³-hybridized carbons (Fsp3) is 0.333. The molecule has 0 radical (unpaired) electrons. The van der Waals surface area contributed by atoms with Crippen molar-refractivity contribution in [3.05, 3.63) is 54.5 Å². The summed E-state index contributed by atoms with van der Waals surface area (Å²) in [5.41, 5.74) is 2.28. The van der Waals surface area contributed by atoms with Gasteiger partial charge in [0.1, 0.15) is 12.1 Å². The Bertz CT molecular complexity index is 1050. The van der Waals surface area contributed by atoms with Crippen LogP contribution in [0, 0.1) is 6.92 Å². The van der Waals surface area contributed by atoms with Crippen molar-refractivity contribution in [2.24, 2.45) is 0 Å². The number of aryl methyl sites for hydroxylation is 1. The molecular formula is C21H25N9O2. The molecule has 1 aliphatic heterocycles. The Hall–Kier alpha value is -4.02. The minimum absolute atomic E-state index is 0.0304. The van der Waals surface area contributed by atoms with Crippen LogP contribution >= 0.6 is 0 Å². The Balaban J connectivity index is 1.22. The zero-order valence-electron chi connectivity index (χ0n) is 17.8. The molecule has 1 aromatic carbocycles. The number of aromatic nitrogens is 5. The van der Waals surface area contributed by atoms with E-state index < -0.39 is 0 Å². The van der Waals surface area contributed by atoms with E-state index in [1.807, 2.05) is 42.2 Å². The molecule has 0 bridgehead atoms. The van der Waals surface area contributed by atoms with Crippen LogP contribution in [0.3, 0.4) is 0 Å². The number of amides is 3. The third kappa shape index (κ3) is 5.17. The SMILES string of the molecule is Cc1ccc(-n2cnnn2)cc1NC(=O)NCCC(=O)N1CCN(c2ccccn2)CC1. The van der Waals surface area contributed by atoms with Crippen molar-refractivity contribution in [3.63, 3.8) is 0 Å². The monoisotopic (exact) mass is 435 g/mol. The predicted molar refractivity (Wildman–Crippen MR) is 119 cm³/mol. The Morgan fingerprint density at radius 1 is 1.09 bits per heavy atom. The number of rotatable bonds is 6. The van der Waals surface area contributed by atoms with Gasteiger partial charge < -0.3 is 20.4 Å². The number of pyridine rings is 1. The maximum atomic E-state index is 12.5. The summed E-state index contributed by atoms with van der Waals surface area (Å²) in [7, 11) is 0. The van der Waals surface area contributed by atoms with Crippen molar-refractivity contribution in [2.75, 3.05) is 42.9 Å². The maximum absolute atomic E-state index is 12.5. The highest BCUT2D eigenvalue weighted by Gasteiger charge is 2.21. The largest absolute Gasteiger partial charge is 0.353 e. The lowest BCUT2D eigenvalue weighted by atomic mass is 10.2. The smallest absolute Gasteiger partial charge is 0.319 e. The van der Waals surface area contributed by atoms with Crippen molar-refractivity contribution in [3.8, 4) is 5.69 Å². The van der Waals surface area contributed by atoms with Crippen molar-refractivity contribution in [1.29, 1.82) is 0 Å². The van der Waals surface area contributed by atoms with E-state index in [0.717, 1.165) is 30.2 Å². The fourth-order valence-corrected chi connectivity index (χ4v) is 3.50. The highest BCUT2D eigenvalue weighted by molar-refractivity contribution is 5.90. The first-order valence-corrected chi connectivity index (χ1v) is 10.4. The molecule has 2 aromatic heterocycles. The Kier molecular flexibility index (Phi) is 6.54. The van der Waals surface area contributed by atoms with Crippen LogP contribution in [0.5, 0.6) is 0 Å². The number of hydrogen-bond acceptors (Lipinski definition) is 7. The van der Waals surface area contributed by atoms with Crippen LogP contribution in [0.2, 0.25) is 0 Å². The summed E-state index contributed by atoms with van der Waals surface area (Å²) >= 11 is 0. The van der Waals surface area contributed by atoms with Gasteiger partial charge in [-0.25, -0.2) is 14.5 Å². The van der Waals surface area contributed by atoms with Crippen LogP contribution in [0.4, 0.5) is 16.3 Å². The van der Waals surface area contributed by atoms with Crippen molar-refractivity contribution < 1.29 is 9.59 Å². The van der Waals surface area contributed by atoms with E-state index in [4.69, 9.17) is 0 Å². The van der Waals surface area contributed by atoms with Gasteiger partial charge in [0.15, 0.2) is 0 Å². The summed E-state index contributed by atoms with van der Waals surface area (Å²) in [5, 5.41) is 16.7. The molecule has 1 fully saturated rings. The first-order valence-electron chi connectivity index (χ1n) is 10.4. The van der Waals surface area contributed by atoms with Crippen molar-refractivity contribution in [2.45, 2.75) is 13.3 Å². The van der Waals surface area contributed by atoms with E-state index in [1.54, 1.807) is 12.3 Å². The number of carbonyl (C=O) groups excluding carboxylic acids is 2. The molecule has 0 spiro atoms. The van der Waals surface area contributed by atoms with Gasteiger partial charge in [-0.15, -0.1) is 5.10 Å². The normalized spacial score (nSPS) is 13.7. The number of carbonyl (C=O) groups is 2. The second kappa shape index (κ2) is 9.86. The molecule has 3 aromatic rings. The maximum Gasteiger partial charge on any atom is 0.319 e. The molecule has 3 amide bonds. The lowest BCUT2D eigenvalue weighted by molar-refractivity contribution is -0.131. The highest BCUT2D eigenvalue weighted by Crippen LogP contribution is 2.19. The topological polar surface area (TPSA) is 121 Å². The quantitative estimate of drug-likeness (QED) is 0.597. The van der Waals surface area contributed by atoms with Crippen molar-refractivity contribution >= 4 is 23.4 Å². The molecule has 0 atom stereocenters. The van der Waals surface area contributed by atoms with Crippen LogP contribution in [0.1, 0.15) is 12.0 Å². The van der Waals surface area contributed by atoms with E-state index >= 15 is 0 Å². The van der Waals surface area contributed by atoms with Gasteiger partial charge in [0.2, 0.25) is 5.91 Å². The molecule has 11 nitrogen and oxygen atoms in total. The molecule has 0 saturated carbocycles. The number of anilines is 2. The van der Waals surface area contributed by atoms with Crippen LogP contribution in [-0.4, -0.2) is 74.8 Å². The second-order valence-corrected chi connectivity index (χ2v) is 7.44. The summed E-state index contributed by atoms with van der Waals surface area (Å²) in [4.78, 5) is 33.2. The molecule has 32 heavy (non-hydrogen) atoms. The summed E-state index contributed by atoms with van der Waals surface area (Å²) < 4.78 is 1.51. The molecule has 166 valence electrons. The Labute approximate surface area is 185 Å². The summed E-state index contributed by atoms with van der Waals surface area (Å²) in [6.45, 7) is 4.93. The standard InChI is InChI=1S/C21H25N9O2/c1-16-5-6-17(30-15-24-26-27-30)14-18(16)25-21(32)23-9-7-20(31)29-12-10-28(11-13-29)19-4-2-3-8-22-19/h2-6,8,14-15H,7,9-13H2,1H3,(H2,23,25,32). The molecule has 3 heterocycles. The zero-order valence-corrected chi connectivity index (χ0v) is 17.8. The Morgan fingerprint density at radius 3 is 2.66 bits per heavy atom. The van der Waals surface area contributed by atoms with Crippen LogP contribution in [0.25, 0.3) is 5.69 Å². The number of nitrogens with zero attached hydrogens (tertiary/aromatic N) is 7. The van der Waals surface area contributed by atoms with Gasteiger partial charge >= 0.3 is 6.03 Å². The van der Waals surface area contributed by atoms with Gasteiger partial charge in [-0.2, -0.15) is 0 Å². The molecule has 0 unspecified atom stereocenters. The molecule has 11 heteroatoms. The van der Waals surface area contributed by atoms with Gasteiger partial charge in [0, 0.05) is 51.0 Å². The summed E-state index contributed by atoms with van der Waals surface area (Å²) in [5.74, 6) is 0.959. The van der Waals surface area contributed by atoms with E-state index in [2.05, 4.69) is 36.0 Å². The first kappa shape index (κ1) is 21.2. The van der Waals surface area contributed by atoms with Gasteiger partial charge in [0.25, 0.3) is 0 Å². The van der Waals surface area contributed by atoms with E-state index in [-0.39, 0.29) is 24.9 Å². The Morgan fingerprint density at radius 2 is 1.94 bits per heavy atom. The lowest BCUT2D eigenvalue weighted by Gasteiger charge is -2.35. The third-order valence-corrected chi connectivity index (χ3v) is 5.31. The summed E-state index contributed by atoms with van der Waals surface area (Å²) in [6, 6.07) is 11.0. The minimum atomic E-state index is -0.366. The third-order valence-electron chi connectivity index (χ3n) is 5.31. The average molecular weight is 435 g/mol. The average Bonchev–Trinajstić information content (AvgIpc) is 3.36.